The summed E-state index contributed by atoms with van der Waals surface area (Å²) in [5.74, 6) is 0. The predicted octanol–water partition coefficient (Wildman–Crippen LogP) is 5.89. The Morgan fingerprint density at radius 1 is 1.07 bits per heavy atom. The predicted molar refractivity (Wildman–Crippen MR) is 128 cm³/mol. The van der Waals surface area contributed by atoms with Gasteiger partial charge in [-0.15, -0.1) is 0 Å². The van der Waals surface area contributed by atoms with Crippen molar-refractivity contribution in [2.75, 3.05) is 38.2 Å². The number of likely N-dealkylation sites (N-methyl/N-ethyl adjacent to an activating group) is 1. The molecule has 0 unspecified atom stereocenters. The minimum Gasteiger partial charge on any atom is -0.381 e. The van der Waals surface area contributed by atoms with Crippen molar-refractivity contribution in [2.24, 2.45) is 0 Å². The Hall–Kier alpha value is -2.01. The Labute approximate surface area is 184 Å². The number of hydrogen-bond acceptors (Lipinski definition) is 3. The minimum absolute atomic E-state index is 0.423. The highest BCUT2D eigenvalue weighted by molar-refractivity contribution is 6.32. The molecular formula is C25H32ClN3O. The lowest BCUT2D eigenvalue weighted by atomic mass is 10.1. The Kier molecular flexibility index (Phi) is 6.98. The Balaban J connectivity index is 1.79. The highest BCUT2D eigenvalue weighted by atomic mass is 35.5. The van der Waals surface area contributed by atoms with E-state index < -0.39 is 0 Å². The molecule has 1 saturated heterocycles. The summed E-state index contributed by atoms with van der Waals surface area (Å²) >= 11 is 6.54. The van der Waals surface area contributed by atoms with Gasteiger partial charge in [-0.1, -0.05) is 55.8 Å². The zero-order valence-corrected chi connectivity index (χ0v) is 18.8. The first-order valence-corrected chi connectivity index (χ1v) is 11.5. The third-order valence-corrected chi connectivity index (χ3v) is 6.36. The molecule has 1 aromatic heterocycles. The number of anilines is 1. The van der Waals surface area contributed by atoms with E-state index in [4.69, 9.17) is 16.3 Å². The standard InChI is InChI=1S/C25H32ClN3O/c1-3-28(4-2)12-13-29-24(19-8-6-5-7-9-19)17-20-16-21(26)18-23(25(20)29)27-22-10-14-30-15-11-22/h5-9,16-18,22,27H,3-4,10-15H2,1-2H3. The zero-order valence-electron chi connectivity index (χ0n) is 18.0. The summed E-state index contributed by atoms with van der Waals surface area (Å²) in [4.78, 5) is 2.47. The maximum absolute atomic E-state index is 6.54. The van der Waals surface area contributed by atoms with Gasteiger partial charge in [0, 0.05) is 48.4 Å². The van der Waals surface area contributed by atoms with Crippen LogP contribution in [0.25, 0.3) is 22.2 Å². The number of hydrogen-bond donors (Lipinski definition) is 1. The van der Waals surface area contributed by atoms with Gasteiger partial charge in [-0.2, -0.15) is 0 Å². The SMILES string of the molecule is CCN(CC)CCn1c(-c2ccccc2)cc2cc(Cl)cc(NC3CCOCC3)c21. The van der Waals surface area contributed by atoms with Gasteiger partial charge in [-0.3, -0.25) is 0 Å². The van der Waals surface area contributed by atoms with Gasteiger partial charge >= 0.3 is 0 Å². The van der Waals surface area contributed by atoms with Crippen molar-refractivity contribution >= 4 is 28.2 Å². The number of benzene rings is 2. The second-order valence-corrected chi connectivity index (χ2v) is 8.43. The topological polar surface area (TPSA) is 29.4 Å². The molecule has 160 valence electrons. The molecule has 0 aliphatic carbocycles. The van der Waals surface area contributed by atoms with Crippen LogP contribution in [0, 0.1) is 0 Å². The highest BCUT2D eigenvalue weighted by Crippen LogP contribution is 2.36. The molecule has 1 N–H and O–H groups in total. The average molecular weight is 426 g/mol. The second kappa shape index (κ2) is 9.86. The summed E-state index contributed by atoms with van der Waals surface area (Å²) in [5, 5.41) is 5.75. The molecular weight excluding hydrogens is 394 g/mol. The lowest BCUT2D eigenvalue weighted by Crippen LogP contribution is -2.29. The van der Waals surface area contributed by atoms with Crippen molar-refractivity contribution < 1.29 is 4.74 Å². The molecule has 0 bridgehead atoms. The van der Waals surface area contributed by atoms with E-state index >= 15 is 0 Å². The number of aromatic nitrogens is 1. The number of fused-ring (bicyclic) bond motifs is 1. The number of halogens is 1. The first kappa shape index (κ1) is 21.2. The molecule has 3 aromatic rings. The maximum Gasteiger partial charge on any atom is 0.0722 e. The van der Waals surface area contributed by atoms with Gasteiger partial charge in [0.25, 0.3) is 0 Å². The number of rotatable bonds is 8. The lowest BCUT2D eigenvalue weighted by Gasteiger charge is -2.26. The third-order valence-electron chi connectivity index (χ3n) is 6.14. The van der Waals surface area contributed by atoms with E-state index in [1.54, 1.807) is 0 Å². The van der Waals surface area contributed by atoms with Gasteiger partial charge < -0.3 is 19.5 Å². The summed E-state index contributed by atoms with van der Waals surface area (Å²) in [5.41, 5.74) is 4.86. The summed E-state index contributed by atoms with van der Waals surface area (Å²) in [6.45, 7) is 10.2. The van der Waals surface area contributed by atoms with E-state index in [9.17, 15) is 0 Å². The summed E-state index contributed by atoms with van der Waals surface area (Å²) in [6.07, 6.45) is 2.05. The smallest absolute Gasteiger partial charge is 0.0722 e. The molecule has 30 heavy (non-hydrogen) atoms. The van der Waals surface area contributed by atoms with Gasteiger partial charge in [-0.25, -0.2) is 0 Å². The van der Waals surface area contributed by atoms with Gasteiger partial charge in [0.1, 0.15) is 0 Å². The molecule has 2 aromatic carbocycles. The van der Waals surface area contributed by atoms with Gasteiger partial charge in [-0.05, 0) is 49.7 Å². The van der Waals surface area contributed by atoms with Crippen molar-refractivity contribution in [3.8, 4) is 11.3 Å². The monoisotopic (exact) mass is 425 g/mol. The molecule has 4 rings (SSSR count). The molecule has 0 spiro atoms. The minimum atomic E-state index is 0.423. The van der Waals surface area contributed by atoms with Crippen molar-refractivity contribution in [1.82, 2.24) is 9.47 Å². The van der Waals surface area contributed by atoms with Crippen LogP contribution in [0.4, 0.5) is 5.69 Å². The average Bonchev–Trinajstić information content (AvgIpc) is 3.14. The van der Waals surface area contributed by atoms with E-state index in [0.29, 0.717) is 6.04 Å². The van der Waals surface area contributed by atoms with E-state index in [0.717, 1.165) is 62.9 Å². The number of nitrogens with zero attached hydrogens (tertiary/aromatic N) is 2. The molecule has 5 heteroatoms. The number of nitrogens with one attached hydrogen (secondary N) is 1. The molecule has 1 fully saturated rings. The first-order chi connectivity index (χ1) is 14.7. The van der Waals surface area contributed by atoms with Crippen LogP contribution >= 0.6 is 11.6 Å². The summed E-state index contributed by atoms with van der Waals surface area (Å²) < 4.78 is 8.02. The van der Waals surface area contributed by atoms with Crippen LogP contribution in [-0.2, 0) is 11.3 Å². The Morgan fingerprint density at radius 2 is 1.80 bits per heavy atom. The fraction of sp³-hybridized carbons (Fsp3) is 0.440. The molecule has 1 aliphatic heterocycles. The fourth-order valence-corrected chi connectivity index (χ4v) is 4.64. The second-order valence-electron chi connectivity index (χ2n) is 8.00. The van der Waals surface area contributed by atoms with Crippen molar-refractivity contribution in [1.29, 1.82) is 0 Å². The van der Waals surface area contributed by atoms with Crippen LogP contribution in [0.1, 0.15) is 26.7 Å². The van der Waals surface area contributed by atoms with Crippen LogP contribution in [0.3, 0.4) is 0 Å². The van der Waals surface area contributed by atoms with Gasteiger partial charge in [0.15, 0.2) is 0 Å². The summed E-state index contributed by atoms with van der Waals surface area (Å²) in [6, 6.07) is 17.5. The largest absolute Gasteiger partial charge is 0.381 e. The van der Waals surface area contributed by atoms with Crippen LogP contribution in [0.15, 0.2) is 48.5 Å². The van der Waals surface area contributed by atoms with E-state index in [-0.39, 0.29) is 0 Å². The van der Waals surface area contributed by atoms with Crippen molar-refractivity contribution in [3.05, 3.63) is 53.6 Å². The van der Waals surface area contributed by atoms with Gasteiger partial charge in [0.05, 0.1) is 11.2 Å². The van der Waals surface area contributed by atoms with Gasteiger partial charge in [0.2, 0.25) is 0 Å². The maximum atomic E-state index is 6.54. The normalized spacial score (nSPS) is 15.2. The van der Waals surface area contributed by atoms with Crippen molar-refractivity contribution in [3.63, 3.8) is 0 Å². The van der Waals surface area contributed by atoms with Crippen LogP contribution in [-0.4, -0.2) is 48.4 Å². The van der Waals surface area contributed by atoms with Crippen LogP contribution in [0.5, 0.6) is 0 Å². The molecule has 0 atom stereocenters. The van der Waals surface area contributed by atoms with E-state index in [2.05, 4.69) is 77.2 Å². The molecule has 4 nitrogen and oxygen atoms in total. The highest BCUT2D eigenvalue weighted by Gasteiger charge is 2.19. The quantitative estimate of drug-likeness (QED) is 0.487. The third kappa shape index (κ3) is 4.66. The molecule has 0 saturated carbocycles. The van der Waals surface area contributed by atoms with E-state index in [1.807, 2.05) is 0 Å². The Bertz CT molecular complexity index is 959. The molecule has 0 amide bonds. The van der Waals surface area contributed by atoms with E-state index in [1.165, 1.54) is 22.2 Å². The fourth-order valence-electron chi connectivity index (χ4n) is 4.41. The first-order valence-electron chi connectivity index (χ1n) is 11.1. The van der Waals surface area contributed by atoms with Crippen LogP contribution in [0.2, 0.25) is 5.02 Å². The lowest BCUT2D eigenvalue weighted by molar-refractivity contribution is 0.0905. The number of ether oxygens (including phenoxy) is 1. The van der Waals surface area contributed by atoms with Crippen molar-refractivity contribution in [2.45, 2.75) is 39.3 Å². The van der Waals surface area contributed by atoms with Crippen LogP contribution < -0.4 is 5.32 Å². The molecule has 2 heterocycles. The molecule has 1 aliphatic rings. The molecule has 0 radical (unpaired) electrons. The summed E-state index contributed by atoms with van der Waals surface area (Å²) in [7, 11) is 0. The Morgan fingerprint density at radius 3 is 2.50 bits per heavy atom. The zero-order chi connectivity index (χ0) is 20.9.